The van der Waals surface area contributed by atoms with E-state index in [4.69, 9.17) is 4.74 Å². The number of likely N-dealkylation sites (tertiary alicyclic amines) is 1. The molecule has 0 saturated carbocycles. The number of hydrogen-bond acceptors (Lipinski definition) is 6. The Bertz CT molecular complexity index is 979. The number of para-hydroxylation sites is 1. The van der Waals surface area contributed by atoms with Gasteiger partial charge in [-0.15, -0.1) is 5.10 Å². The van der Waals surface area contributed by atoms with Gasteiger partial charge in [0.2, 0.25) is 5.91 Å². The summed E-state index contributed by atoms with van der Waals surface area (Å²) >= 11 is 1.87. The minimum atomic E-state index is 0.104. The fourth-order valence-corrected chi connectivity index (χ4v) is 4.51. The molecular weight excluding hydrogens is 376 g/mol. The van der Waals surface area contributed by atoms with Gasteiger partial charge >= 0.3 is 0 Å². The molecule has 5 rings (SSSR count). The highest BCUT2D eigenvalue weighted by atomic mass is 32.2. The summed E-state index contributed by atoms with van der Waals surface area (Å²) in [6.07, 6.45) is 3.78. The molecule has 4 heterocycles. The number of ether oxygens (including phenoxy) is 1. The van der Waals surface area contributed by atoms with E-state index in [9.17, 15) is 4.79 Å². The van der Waals surface area contributed by atoms with Gasteiger partial charge in [0.05, 0.1) is 24.1 Å². The zero-order valence-corrected chi connectivity index (χ0v) is 16.1. The number of thioether (sulfide) groups is 1. The lowest BCUT2D eigenvalue weighted by molar-refractivity contribution is -0.138. The molecule has 0 atom stereocenters. The fourth-order valence-electron chi connectivity index (χ4n) is 3.42. The Hall–Kier alpha value is -2.81. The maximum atomic E-state index is 12.5. The number of amides is 1. The first-order valence-electron chi connectivity index (χ1n) is 9.24. The van der Waals surface area contributed by atoms with Gasteiger partial charge in [0, 0.05) is 30.2 Å². The molecule has 1 saturated heterocycles. The van der Waals surface area contributed by atoms with Crippen LogP contribution in [-0.4, -0.2) is 48.7 Å². The number of hydrogen-bond donors (Lipinski definition) is 0. The first-order chi connectivity index (χ1) is 13.8. The number of aromatic nitrogens is 5. The van der Waals surface area contributed by atoms with Crippen molar-refractivity contribution in [3.05, 3.63) is 59.7 Å². The topological polar surface area (TPSA) is 78.1 Å². The summed E-state index contributed by atoms with van der Waals surface area (Å²) in [4.78, 5) is 14.4. The quantitative estimate of drug-likeness (QED) is 0.633. The van der Waals surface area contributed by atoms with Crippen LogP contribution in [0.3, 0.4) is 0 Å². The summed E-state index contributed by atoms with van der Waals surface area (Å²) in [6, 6.07) is 9.80. The largest absolute Gasteiger partial charge is 0.487 e. The van der Waals surface area contributed by atoms with Gasteiger partial charge in [-0.1, -0.05) is 23.4 Å². The van der Waals surface area contributed by atoms with Crippen molar-refractivity contribution in [1.82, 2.24) is 29.7 Å². The van der Waals surface area contributed by atoms with Crippen LogP contribution in [-0.2, 0) is 29.5 Å². The Labute approximate surface area is 166 Å². The van der Waals surface area contributed by atoms with E-state index in [1.165, 1.54) is 11.3 Å². The molecule has 1 aromatic carbocycles. The van der Waals surface area contributed by atoms with Gasteiger partial charge in [0.25, 0.3) is 0 Å². The van der Waals surface area contributed by atoms with Gasteiger partial charge in [0.15, 0.2) is 0 Å². The second-order valence-corrected chi connectivity index (χ2v) is 8.00. The molecule has 2 aliphatic heterocycles. The molecule has 0 radical (unpaired) electrons. The number of nitrogens with zero attached hydrogens (tertiary/aromatic N) is 6. The van der Waals surface area contributed by atoms with E-state index in [1.807, 2.05) is 68.8 Å². The van der Waals surface area contributed by atoms with E-state index in [1.54, 1.807) is 0 Å². The summed E-state index contributed by atoms with van der Waals surface area (Å²) in [5.74, 6) is 2.85. The first kappa shape index (κ1) is 17.3. The van der Waals surface area contributed by atoms with Crippen molar-refractivity contribution in [2.24, 2.45) is 0 Å². The number of carbonyl (C=O) groups excluding carboxylic acids is 1. The molecular formula is C19H20N6O2S. The van der Waals surface area contributed by atoms with Crippen LogP contribution in [0.4, 0.5) is 0 Å². The van der Waals surface area contributed by atoms with Crippen LogP contribution >= 0.6 is 11.8 Å². The lowest BCUT2D eigenvalue weighted by Gasteiger charge is -2.38. The van der Waals surface area contributed by atoms with Gasteiger partial charge in [-0.2, -0.15) is 16.9 Å². The van der Waals surface area contributed by atoms with Crippen LogP contribution in [0.1, 0.15) is 23.0 Å². The Kier molecular flexibility index (Phi) is 4.52. The molecule has 0 N–H and O–H groups in total. The van der Waals surface area contributed by atoms with E-state index in [0.29, 0.717) is 26.2 Å². The third kappa shape index (κ3) is 3.37. The minimum absolute atomic E-state index is 0.104. The monoisotopic (exact) mass is 396 g/mol. The van der Waals surface area contributed by atoms with Gasteiger partial charge in [-0.05, 0) is 12.1 Å². The predicted octanol–water partition coefficient (Wildman–Crippen LogP) is 1.88. The van der Waals surface area contributed by atoms with Crippen LogP contribution in [0.5, 0.6) is 5.75 Å². The Morgan fingerprint density at radius 3 is 2.93 bits per heavy atom. The van der Waals surface area contributed by atoms with Gasteiger partial charge < -0.3 is 9.64 Å². The SMILES string of the molecule is O=C(Cn1ncc2c1CSC2)N1CC(n2cc(COc3ccccc3)nn2)C1. The Balaban J connectivity index is 1.13. The average Bonchev–Trinajstić information content (AvgIpc) is 3.39. The first-order valence-corrected chi connectivity index (χ1v) is 10.4. The zero-order chi connectivity index (χ0) is 18.9. The lowest BCUT2D eigenvalue weighted by Crippen LogP contribution is -2.52. The molecule has 2 aliphatic rings. The highest BCUT2D eigenvalue weighted by Gasteiger charge is 2.33. The van der Waals surface area contributed by atoms with Crippen molar-refractivity contribution < 1.29 is 9.53 Å². The lowest BCUT2D eigenvalue weighted by atomic mass is 10.1. The van der Waals surface area contributed by atoms with E-state index < -0.39 is 0 Å². The van der Waals surface area contributed by atoms with Gasteiger partial charge in [-0.3, -0.25) is 9.48 Å². The Morgan fingerprint density at radius 2 is 2.07 bits per heavy atom. The third-order valence-electron chi connectivity index (χ3n) is 5.09. The standard InChI is InChI=1S/C19H20N6O2S/c26-19(10-25-18-13-28-12-14(18)6-20-25)23-8-16(9-23)24-7-15(21-22-24)11-27-17-4-2-1-3-5-17/h1-7,16H,8-13H2. The molecule has 0 unspecified atom stereocenters. The molecule has 2 aromatic heterocycles. The van der Waals surface area contributed by atoms with Crippen molar-refractivity contribution >= 4 is 17.7 Å². The Morgan fingerprint density at radius 1 is 1.21 bits per heavy atom. The molecule has 0 spiro atoms. The summed E-state index contributed by atoms with van der Waals surface area (Å²) in [5.41, 5.74) is 3.22. The number of fused-ring (bicyclic) bond motifs is 1. The van der Waals surface area contributed by atoms with Crippen molar-refractivity contribution in [3.8, 4) is 5.75 Å². The normalized spacial score (nSPS) is 16.1. The number of rotatable bonds is 6. The molecule has 144 valence electrons. The third-order valence-corrected chi connectivity index (χ3v) is 6.09. The van der Waals surface area contributed by atoms with Crippen LogP contribution < -0.4 is 4.74 Å². The number of benzene rings is 1. The van der Waals surface area contributed by atoms with Crippen molar-refractivity contribution in [2.45, 2.75) is 30.7 Å². The molecule has 1 fully saturated rings. The second-order valence-electron chi connectivity index (χ2n) is 7.01. The van der Waals surface area contributed by atoms with Gasteiger partial charge in [0.1, 0.15) is 24.6 Å². The molecule has 3 aromatic rings. The molecule has 0 bridgehead atoms. The number of carbonyl (C=O) groups is 1. The van der Waals surface area contributed by atoms with E-state index in [2.05, 4.69) is 15.4 Å². The van der Waals surface area contributed by atoms with Crippen LogP contribution in [0.15, 0.2) is 42.7 Å². The highest BCUT2D eigenvalue weighted by molar-refractivity contribution is 7.98. The smallest absolute Gasteiger partial charge is 0.244 e. The molecule has 9 heteroatoms. The molecule has 0 aliphatic carbocycles. The zero-order valence-electron chi connectivity index (χ0n) is 15.3. The van der Waals surface area contributed by atoms with Gasteiger partial charge in [-0.25, -0.2) is 4.68 Å². The van der Waals surface area contributed by atoms with Crippen LogP contribution in [0, 0.1) is 0 Å². The summed E-state index contributed by atoms with van der Waals surface area (Å²) in [5, 5.41) is 12.7. The summed E-state index contributed by atoms with van der Waals surface area (Å²) in [6.45, 7) is 2.00. The fraction of sp³-hybridized carbons (Fsp3) is 0.368. The minimum Gasteiger partial charge on any atom is -0.487 e. The molecule has 8 nitrogen and oxygen atoms in total. The van der Waals surface area contributed by atoms with Crippen molar-refractivity contribution in [3.63, 3.8) is 0 Å². The molecule has 28 heavy (non-hydrogen) atoms. The van der Waals surface area contributed by atoms with Crippen molar-refractivity contribution in [2.75, 3.05) is 13.1 Å². The summed E-state index contributed by atoms with van der Waals surface area (Å²) in [7, 11) is 0. The molecule has 1 amide bonds. The maximum Gasteiger partial charge on any atom is 0.244 e. The van der Waals surface area contributed by atoms with E-state index in [0.717, 1.165) is 22.9 Å². The predicted molar refractivity (Wildman–Crippen MR) is 104 cm³/mol. The maximum absolute atomic E-state index is 12.5. The van der Waals surface area contributed by atoms with Crippen LogP contribution in [0.25, 0.3) is 0 Å². The second kappa shape index (κ2) is 7.31. The van der Waals surface area contributed by atoms with E-state index in [-0.39, 0.29) is 11.9 Å². The summed E-state index contributed by atoms with van der Waals surface area (Å²) < 4.78 is 9.38. The highest BCUT2D eigenvalue weighted by Crippen LogP contribution is 2.29. The van der Waals surface area contributed by atoms with E-state index >= 15 is 0 Å². The van der Waals surface area contributed by atoms with Crippen molar-refractivity contribution in [1.29, 1.82) is 0 Å². The average molecular weight is 396 g/mol. The van der Waals surface area contributed by atoms with Crippen LogP contribution in [0.2, 0.25) is 0 Å².